The number of carbonyl (C=O) groups excluding carboxylic acids is 2. The van der Waals surface area contributed by atoms with Crippen molar-refractivity contribution in [2.45, 2.75) is 6.54 Å². The molecule has 0 aliphatic carbocycles. The predicted molar refractivity (Wildman–Crippen MR) is 69.7 cm³/mol. The van der Waals surface area contributed by atoms with Gasteiger partial charge < -0.3 is 19.9 Å². The molecule has 0 radical (unpaired) electrons. The van der Waals surface area contributed by atoms with Gasteiger partial charge in [0.2, 0.25) is 0 Å². The van der Waals surface area contributed by atoms with Crippen molar-refractivity contribution in [3.8, 4) is 0 Å². The summed E-state index contributed by atoms with van der Waals surface area (Å²) in [6, 6.07) is -0.759. The van der Waals surface area contributed by atoms with Gasteiger partial charge in [0.15, 0.2) is 0 Å². The zero-order chi connectivity index (χ0) is 15.7. The average molecular weight is 300 g/mol. The van der Waals surface area contributed by atoms with Crippen LogP contribution in [0, 0.1) is 0 Å². The van der Waals surface area contributed by atoms with E-state index in [1.165, 1.54) is 6.20 Å². The first kappa shape index (κ1) is 16.6. The van der Waals surface area contributed by atoms with Crippen molar-refractivity contribution in [1.82, 2.24) is 15.1 Å². The summed E-state index contributed by atoms with van der Waals surface area (Å²) < 4.78 is 11.0. The van der Waals surface area contributed by atoms with E-state index in [1.807, 2.05) is 5.32 Å². The molecule has 0 bridgehead atoms. The van der Waals surface area contributed by atoms with Crippen molar-refractivity contribution in [2.24, 2.45) is 0 Å². The molecule has 1 rings (SSSR count). The summed E-state index contributed by atoms with van der Waals surface area (Å²) in [4.78, 5) is 32.9. The molecule has 1 heterocycles. The Bertz CT molecular complexity index is 501. The third-order valence-electron chi connectivity index (χ3n) is 2.13. The van der Waals surface area contributed by atoms with E-state index in [0.29, 0.717) is 18.8 Å². The maximum atomic E-state index is 11.5. The molecule has 0 aromatic carbocycles. The number of hydrogen-bond acceptors (Lipinski definition) is 6. The fourth-order valence-corrected chi connectivity index (χ4v) is 1.29. The van der Waals surface area contributed by atoms with Crippen LogP contribution < -0.4 is 10.6 Å². The van der Waals surface area contributed by atoms with Gasteiger partial charge in [0.1, 0.15) is 13.2 Å². The van der Waals surface area contributed by atoms with Gasteiger partial charge in [-0.2, -0.15) is 5.10 Å². The standard InChI is InChI=1S/C11H16N4O6/c1-20-3-2-15-5-8(4-12-15)13-11(19)14-9(16)6-21-7-10(17)18/h4-5H,2-3,6-7H2,1H3,(H,17,18)(H2,13,14,16,19). The molecule has 0 fully saturated rings. The number of amides is 3. The second kappa shape index (κ2) is 8.66. The summed E-state index contributed by atoms with van der Waals surface area (Å²) in [6.45, 7) is -0.122. The second-order valence-corrected chi connectivity index (χ2v) is 3.87. The minimum absolute atomic E-state index is 0.405. The van der Waals surface area contributed by atoms with E-state index in [4.69, 9.17) is 9.84 Å². The van der Waals surface area contributed by atoms with Gasteiger partial charge in [0.05, 0.1) is 25.0 Å². The third kappa shape index (κ3) is 7.03. The first-order valence-corrected chi connectivity index (χ1v) is 5.93. The molecule has 3 amide bonds. The SMILES string of the molecule is COCCn1cc(NC(=O)NC(=O)COCC(=O)O)cn1. The number of methoxy groups -OCH3 is 1. The maximum absolute atomic E-state index is 11.5. The lowest BCUT2D eigenvalue weighted by molar-refractivity contribution is -0.143. The fraction of sp³-hybridized carbons (Fsp3) is 0.455. The first-order valence-electron chi connectivity index (χ1n) is 5.93. The Morgan fingerprint density at radius 2 is 2.14 bits per heavy atom. The summed E-state index contributed by atoms with van der Waals surface area (Å²) in [5.74, 6) is -1.95. The van der Waals surface area contributed by atoms with Crippen LogP contribution in [0.5, 0.6) is 0 Å². The molecule has 3 N–H and O–H groups in total. The molecule has 1 aromatic rings. The fourth-order valence-electron chi connectivity index (χ4n) is 1.29. The van der Waals surface area contributed by atoms with Crippen LogP contribution in [-0.2, 0) is 25.6 Å². The second-order valence-electron chi connectivity index (χ2n) is 3.87. The van der Waals surface area contributed by atoms with Gasteiger partial charge in [-0.3, -0.25) is 14.8 Å². The Hall–Kier alpha value is -2.46. The molecule has 0 aliphatic rings. The van der Waals surface area contributed by atoms with E-state index >= 15 is 0 Å². The van der Waals surface area contributed by atoms with Crippen LogP contribution in [0.4, 0.5) is 10.5 Å². The molecular formula is C11H16N4O6. The van der Waals surface area contributed by atoms with Crippen molar-refractivity contribution in [3.63, 3.8) is 0 Å². The minimum Gasteiger partial charge on any atom is -0.480 e. The first-order chi connectivity index (χ1) is 10.0. The number of carboxylic acids is 1. The molecule has 0 atom stereocenters. The lowest BCUT2D eigenvalue weighted by Gasteiger charge is -2.04. The van der Waals surface area contributed by atoms with Gasteiger partial charge in [0, 0.05) is 13.3 Å². The van der Waals surface area contributed by atoms with Crippen molar-refractivity contribution in [2.75, 3.05) is 32.2 Å². The van der Waals surface area contributed by atoms with Crippen LogP contribution in [0.25, 0.3) is 0 Å². The smallest absolute Gasteiger partial charge is 0.329 e. The van der Waals surface area contributed by atoms with Crippen molar-refractivity contribution in [3.05, 3.63) is 12.4 Å². The Morgan fingerprint density at radius 1 is 1.38 bits per heavy atom. The molecule has 10 nitrogen and oxygen atoms in total. The summed E-state index contributed by atoms with van der Waals surface area (Å²) in [5.41, 5.74) is 0.405. The normalized spacial score (nSPS) is 10.1. The third-order valence-corrected chi connectivity index (χ3v) is 2.13. The molecule has 21 heavy (non-hydrogen) atoms. The summed E-state index contributed by atoms with van der Waals surface area (Å²) in [6.07, 6.45) is 2.99. The molecule has 0 saturated carbocycles. The van der Waals surface area contributed by atoms with Gasteiger partial charge in [-0.25, -0.2) is 9.59 Å². The number of hydrogen-bond donors (Lipinski definition) is 3. The molecule has 0 unspecified atom stereocenters. The highest BCUT2D eigenvalue weighted by atomic mass is 16.5. The molecule has 0 spiro atoms. The van der Waals surface area contributed by atoms with E-state index in [9.17, 15) is 14.4 Å². The highest BCUT2D eigenvalue weighted by molar-refractivity contribution is 6.01. The Balaban J connectivity index is 2.30. The number of ether oxygens (including phenoxy) is 2. The zero-order valence-corrected chi connectivity index (χ0v) is 11.4. The van der Waals surface area contributed by atoms with Gasteiger partial charge in [-0.1, -0.05) is 0 Å². The Labute approximate surface area is 120 Å². The molecule has 1 aromatic heterocycles. The summed E-state index contributed by atoms with van der Waals surface area (Å²) >= 11 is 0. The number of aromatic nitrogens is 2. The largest absolute Gasteiger partial charge is 0.480 e. The van der Waals surface area contributed by atoms with Crippen molar-refractivity contribution in [1.29, 1.82) is 0 Å². The lowest BCUT2D eigenvalue weighted by atomic mass is 10.5. The maximum Gasteiger partial charge on any atom is 0.329 e. The zero-order valence-electron chi connectivity index (χ0n) is 11.4. The highest BCUT2D eigenvalue weighted by Crippen LogP contribution is 2.04. The number of nitrogens with zero attached hydrogens (tertiary/aromatic N) is 2. The van der Waals surface area contributed by atoms with E-state index < -0.39 is 31.1 Å². The van der Waals surface area contributed by atoms with Crippen LogP contribution in [0.1, 0.15) is 0 Å². The van der Waals surface area contributed by atoms with Gasteiger partial charge in [-0.15, -0.1) is 0 Å². The van der Waals surface area contributed by atoms with Gasteiger partial charge in [0.25, 0.3) is 5.91 Å². The van der Waals surface area contributed by atoms with Crippen LogP contribution in [0.3, 0.4) is 0 Å². The predicted octanol–water partition coefficient (Wildman–Crippen LogP) is -0.721. The monoisotopic (exact) mass is 300 g/mol. The Kier molecular flexibility index (Phi) is 6.84. The van der Waals surface area contributed by atoms with E-state index in [-0.39, 0.29) is 0 Å². The van der Waals surface area contributed by atoms with Gasteiger partial charge in [-0.05, 0) is 0 Å². The number of anilines is 1. The number of urea groups is 1. The van der Waals surface area contributed by atoms with Crippen LogP contribution in [-0.4, -0.2) is 59.7 Å². The van der Waals surface area contributed by atoms with E-state index in [1.54, 1.807) is 18.0 Å². The summed E-state index contributed by atoms with van der Waals surface area (Å²) in [7, 11) is 1.56. The molecule has 116 valence electrons. The number of carbonyl (C=O) groups is 3. The molecule has 10 heteroatoms. The minimum atomic E-state index is -1.20. The van der Waals surface area contributed by atoms with Gasteiger partial charge >= 0.3 is 12.0 Å². The average Bonchev–Trinajstić information content (AvgIpc) is 2.83. The van der Waals surface area contributed by atoms with Crippen LogP contribution >= 0.6 is 0 Å². The van der Waals surface area contributed by atoms with Crippen LogP contribution in [0.2, 0.25) is 0 Å². The number of carboxylic acid groups (broad SMARTS) is 1. The Morgan fingerprint density at radius 3 is 2.81 bits per heavy atom. The molecule has 0 saturated heterocycles. The van der Waals surface area contributed by atoms with E-state index in [2.05, 4.69) is 15.2 Å². The quantitative estimate of drug-likeness (QED) is 0.577. The molecular weight excluding hydrogens is 284 g/mol. The van der Waals surface area contributed by atoms with E-state index in [0.717, 1.165) is 0 Å². The number of aliphatic carboxylic acids is 1. The number of imide groups is 1. The van der Waals surface area contributed by atoms with Crippen molar-refractivity contribution >= 4 is 23.6 Å². The lowest BCUT2D eigenvalue weighted by Crippen LogP contribution is -2.37. The highest BCUT2D eigenvalue weighted by Gasteiger charge is 2.10. The molecule has 0 aliphatic heterocycles. The topological polar surface area (TPSA) is 132 Å². The van der Waals surface area contributed by atoms with Crippen LogP contribution in [0.15, 0.2) is 12.4 Å². The number of nitrogens with one attached hydrogen (secondary N) is 2. The van der Waals surface area contributed by atoms with Crippen molar-refractivity contribution < 1.29 is 29.0 Å². The summed E-state index contributed by atoms with van der Waals surface area (Å²) in [5, 5.41) is 16.7. The number of rotatable bonds is 8.